The normalized spacial score (nSPS) is 14.1. The van der Waals surface area contributed by atoms with Crippen molar-refractivity contribution < 1.29 is 9.59 Å². The smallest absolute Gasteiger partial charge is 0.273 e. The first kappa shape index (κ1) is 24.6. The molecule has 2 N–H and O–H groups in total. The molecule has 2 aromatic carbocycles. The maximum absolute atomic E-state index is 13.3. The van der Waals surface area contributed by atoms with Gasteiger partial charge in [0.15, 0.2) is 0 Å². The molecule has 1 heterocycles. The molecule has 1 aliphatic rings. The van der Waals surface area contributed by atoms with Crippen LogP contribution in [0.1, 0.15) is 60.9 Å². The van der Waals surface area contributed by atoms with Gasteiger partial charge in [0.25, 0.3) is 5.56 Å². The Morgan fingerprint density at radius 2 is 1.69 bits per heavy atom. The minimum Gasteiger partial charge on any atom is -0.353 e. The van der Waals surface area contributed by atoms with Gasteiger partial charge in [-0.1, -0.05) is 49.1 Å². The second-order valence-electron chi connectivity index (χ2n) is 9.66. The van der Waals surface area contributed by atoms with E-state index in [2.05, 4.69) is 15.6 Å². The summed E-state index contributed by atoms with van der Waals surface area (Å²) in [5.74, 6) is -0.333. The van der Waals surface area contributed by atoms with Crippen molar-refractivity contribution in [1.29, 1.82) is 0 Å². The van der Waals surface area contributed by atoms with Gasteiger partial charge in [-0.05, 0) is 56.9 Å². The summed E-state index contributed by atoms with van der Waals surface area (Å²) in [6, 6.07) is 11.6. The van der Waals surface area contributed by atoms with Gasteiger partial charge < -0.3 is 10.6 Å². The van der Waals surface area contributed by atoms with Gasteiger partial charge in [0, 0.05) is 24.6 Å². The molecule has 0 atom stereocenters. The van der Waals surface area contributed by atoms with Crippen molar-refractivity contribution in [2.45, 2.75) is 78.3 Å². The molecule has 4 rings (SSSR count). The lowest BCUT2D eigenvalue weighted by atomic mass is 9.95. The second-order valence-corrected chi connectivity index (χ2v) is 9.66. The quantitative estimate of drug-likeness (QED) is 0.533. The van der Waals surface area contributed by atoms with Gasteiger partial charge >= 0.3 is 0 Å². The lowest BCUT2D eigenvalue weighted by Crippen LogP contribution is -2.37. The monoisotopic (exact) mass is 474 g/mol. The van der Waals surface area contributed by atoms with E-state index in [1.807, 2.05) is 51.1 Å². The second kappa shape index (κ2) is 10.8. The molecular weight excluding hydrogens is 440 g/mol. The highest BCUT2D eigenvalue weighted by atomic mass is 16.2. The topological polar surface area (TPSA) is 93.1 Å². The Kier molecular flexibility index (Phi) is 7.63. The number of nitrogens with zero attached hydrogens (tertiary/aromatic N) is 2. The standard InChI is InChI=1S/C28H34N4O3/c1-18-15-19(2)27(20(3)16-18)31-26(34)17-32-24-12-8-7-11-22(24)30-23(28(32)35)13-14-25(33)29-21-9-5-4-6-10-21/h7-8,11-12,15-16,21H,4-6,9-10,13-14,17H2,1-3H3,(H,29,33)(H,31,34). The zero-order valence-corrected chi connectivity index (χ0v) is 20.8. The molecule has 1 fully saturated rings. The average Bonchev–Trinajstić information content (AvgIpc) is 2.83. The Morgan fingerprint density at radius 1 is 1.00 bits per heavy atom. The number of rotatable bonds is 7. The number of benzene rings is 2. The molecular formula is C28H34N4O3. The minimum absolute atomic E-state index is 0.0547. The summed E-state index contributed by atoms with van der Waals surface area (Å²) in [5, 5.41) is 6.07. The van der Waals surface area contributed by atoms with Crippen molar-refractivity contribution in [3.05, 3.63) is 69.1 Å². The molecule has 35 heavy (non-hydrogen) atoms. The van der Waals surface area contributed by atoms with Crippen LogP contribution < -0.4 is 16.2 Å². The molecule has 0 radical (unpaired) electrons. The molecule has 7 nitrogen and oxygen atoms in total. The van der Waals surface area contributed by atoms with Gasteiger partial charge in [0.2, 0.25) is 11.8 Å². The Bertz CT molecular complexity index is 1280. The number of anilines is 1. The van der Waals surface area contributed by atoms with Crippen molar-refractivity contribution in [2.24, 2.45) is 0 Å². The number of aromatic nitrogens is 2. The van der Waals surface area contributed by atoms with E-state index in [4.69, 9.17) is 0 Å². The molecule has 1 aromatic heterocycles. The van der Waals surface area contributed by atoms with Gasteiger partial charge in [-0.25, -0.2) is 4.98 Å². The number of fused-ring (bicyclic) bond motifs is 1. The van der Waals surface area contributed by atoms with Crippen molar-refractivity contribution in [1.82, 2.24) is 14.9 Å². The molecule has 1 aliphatic carbocycles. The van der Waals surface area contributed by atoms with Crippen LogP contribution in [0.3, 0.4) is 0 Å². The van der Waals surface area contributed by atoms with Crippen LogP contribution in [0.5, 0.6) is 0 Å². The number of hydrogen-bond donors (Lipinski definition) is 2. The third kappa shape index (κ3) is 5.96. The van der Waals surface area contributed by atoms with Crippen LogP contribution in [0.15, 0.2) is 41.2 Å². The zero-order valence-electron chi connectivity index (χ0n) is 20.8. The molecule has 0 aliphatic heterocycles. The Balaban J connectivity index is 1.53. The first-order chi connectivity index (χ1) is 16.8. The lowest BCUT2D eigenvalue weighted by Gasteiger charge is -2.22. The van der Waals surface area contributed by atoms with Crippen molar-refractivity contribution in [3.63, 3.8) is 0 Å². The molecule has 0 unspecified atom stereocenters. The molecule has 0 saturated heterocycles. The van der Waals surface area contributed by atoms with Gasteiger partial charge in [0.1, 0.15) is 12.2 Å². The molecule has 3 aromatic rings. The molecule has 0 spiro atoms. The number of nitrogens with one attached hydrogen (secondary N) is 2. The molecule has 2 amide bonds. The zero-order chi connectivity index (χ0) is 24.9. The van der Waals surface area contributed by atoms with Crippen LogP contribution in [0.2, 0.25) is 0 Å². The van der Waals surface area contributed by atoms with E-state index in [0.29, 0.717) is 16.7 Å². The highest BCUT2D eigenvalue weighted by Gasteiger charge is 2.18. The average molecular weight is 475 g/mol. The number of hydrogen-bond acceptors (Lipinski definition) is 4. The predicted molar refractivity (Wildman–Crippen MR) is 139 cm³/mol. The van der Waals surface area contributed by atoms with E-state index >= 15 is 0 Å². The van der Waals surface area contributed by atoms with Crippen molar-refractivity contribution in [2.75, 3.05) is 5.32 Å². The molecule has 184 valence electrons. The number of aryl methyl sites for hydroxylation is 4. The summed E-state index contributed by atoms with van der Waals surface area (Å²) in [7, 11) is 0. The summed E-state index contributed by atoms with van der Waals surface area (Å²) in [4.78, 5) is 43.4. The molecule has 0 bridgehead atoms. The van der Waals surface area contributed by atoms with Gasteiger partial charge in [0.05, 0.1) is 11.0 Å². The fraction of sp³-hybridized carbons (Fsp3) is 0.429. The maximum atomic E-state index is 13.3. The van der Waals surface area contributed by atoms with E-state index in [9.17, 15) is 14.4 Å². The first-order valence-corrected chi connectivity index (χ1v) is 12.5. The van der Waals surface area contributed by atoms with E-state index < -0.39 is 0 Å². The highest BCUT2D eigenvalue weighted by molar-refractivity contribution is 5.93. The van der Waals surface area contributed by atoms with Crippen LogP contribution in [-0.4, -0.2) is 27.4 Å². The summed E-state index contributed by atoms with van der Waals surface area (Å²) in [5.41, 5.74) is 5.06. The van der Waals surface area contributed by atoms with E-state index in [1.54, 1.807) is 6.07 Å². The summed E-state index contributed by atoms with van der Waals surface area (Å²) in [6.07, 6.45) is 5.98. The Hall–Kier alpha value is -3.48. The molecule has 1 saturated carbocycles. The lowest BCUT2D eigenvalue weighted by molar-refractivity contribution is -0.122. The van der Waals surface area contributed by atoms with Gasteiger partial charge in [-0.15, -0.1) is 0 Å². The SMILES string of the molecule is Cc1cc(C)c(NC(=O)Cn2c(=O)c(CCC(=O)NC3CCCCC3)nc3ccccc32)c(C)c1. The summed E-state index contributed by atoms with van der Waals surface area (Å²) < 4.78 is 1.46. The largest absolute Gasteiger partial charge is 0.353 e. The highest BCUT2D eigenvalue weighted by Crippen LogP contribution is 2.22. The maximum Gasteiger partial charge on any atom is 0.273 e. The van der Waals surface area contributed by atoms with Crippen molar-refractivity contribution in [3.8, 4) is 0 Å². The fourth-order valence-electron chi connectivity index (χ4n) is 5.04. The molecule has 7 heteroatoms. The number of amides is 2. The van der Waals surface area contributed by atoms with E-state index in [1.165, 1.54) is 11.0 Å². The van der Waals surface area contributed by atoms with Crippen LogP contribution in [0.4, 0.5) is 5.69 Å². The van der Waals surface area contributed by atoms with Gasteiger partial charge in [-0.3, -0.25) is 19.0 Å². The van der Waals surface area contributed by atoms with Crippen LogP contribution in [-0.2, 0) is 22.6 Å². The summed E-state index contributed by atoms with van der Waals surface area (Å²) >= 11 is 0. The minimum atomic E-state index is -0.332. The van der Waals surface area contributed by atoms with Gasteiger partial charge in [-0.2, -0.15) is 0 Å². The predicted octanol–water partition coefficient (Wildman–Crippen LogP) is 4.34. The number of carbonyl (C=O) groups excluding carboxylic acids is 2. The Morgan fingerprint density at radius 3 is 2.40 bits per heavy atom. The van der Waals surface area contributed by atoms with Crippen LogP contribution in [0, 0.1) is 20.8 Å². The van der Waals surface area contributed by atoms with Crippen LogP contribution >= 0.6 is 0 Å². The van der Waals surface area contributed by atoms with Crippen LogP contribution in [0.25, 0.3) is 11.0 Å². The van der Waals surface area contributed by atoms with E-state index in [-0.39, 0.29) is 42.8 Å². The third-order valence-electron chi connectivity index (χ3n) is 6.72. The van der Waals surface area contributed by atoms with Crippen molar-refractivity contribution >= 4 is 28.5 Å². The first-order valence-electron chi connectivity index (χ1n) is 12.5. The Labute approximate surface area is 206 Å². The number of para-hydroxylation sites is 2. The fourth-order valence-corrected chi connectivity index (χ4v) is 5.04. The summed E-state index contributed by atoms with van der Waals surface area (Å²) in [6.45, 7) is 5.81. The van der Waals surface area contributed by atoms with E-state index in [0.717, 1.165) is 48.1 Å². The number of carbonyl (C=O) groups is 2. The third-order valence-corrected chi connectivity index (χ3v) is 6.72.